The van der Waals surface area contributed by atoms with Gasteiger partial charge in [-0.1, -0.05) is 24.3 Å². The second kappa shape index (κ2) is 13.9. The number of carbonyl (C=O) groups is 5. The van der Waals surface area contributed by atoms with Crippen LogP contribution in [0.4, 0.5) is 13.2 Å². The van der Waals surface area contributed by atoms with E-state index in [-0.39, 0.29) is 38.3 Å². The Morgan fingerprint density at radius 2 is 1.80 bits per heavy atom. The van der Waals surface area contributed by atoms with Crippen molar-refractivity contribution < 1.29 is 51.7 Å². The van der Waals surface area contributed by atoms with Crippen molar-refractivity contribution in [2.24, 2.45) is 5.92 Å². The Labute approximate surface area is 233 Å². The van der Waals surface area contributed by atoms with Crippen molar-refractivity contribution >= 4 is 29.4 Å². The van der Waals surface area contributed by atoms with E-state index in [1.165, 1.54) is 0 Å². The summed E-state index contributed by atoms with van der Waals surface area (Å²) in [5.74, 6) is -11.4. The summed E-state index contributed by atoms with van der Waals surface area (Å²) in [6.45, 7) is 1.51. The zero-order valence-electron chi connectivity index (χ0n) is 22.4. The number of Topliss-reactive ketones (excluding diaryl/α,β-unsaturated/α-hetero) is 2. The molecule has 2 aromatic carbocycles. The molecule has 0 aromatic heterocycles. The van der Waals surface area contributed by atoms with Crippen molar-refractivity contribution in [3.8, 4) is 5.75 Å². The van der Waals surface area contributed by atoms with E-state index >= 15 is 0 Å². The lowest BCUT2D eigenvalue weighted by atomic mass is 10.0. The molecule has 13 heteroatoms. The van der Waals surface area contributed by atoms with Gasteiger partial charge in [0.2, 0.25) is 17.5 Å². The molecule has 2 aromatic rings. The highest BCUT2D eigenvalue weighted by Crippen LogP contribution is 2.27. The van der Waals surface area contributed by atoms with E-state index in [1.54, 1.807) is 31.2 Å². The third-order valence-corrected chi connectivity index (χ3v) is 6.51. The molecule has 0 spiro atoms. The minimum Gasteiger partial charge on any atom is -0.481 e. The Morgan fingerprint density at radius 3 is 2.49 bits per heavy atom. The van der Waals surface area contributed by atoms with Gasteiger partial charge in [0, 0.05) is 19.5 Å². The van der Waals surface area contributed by atoms with Gasteiger partial charge >= 0.3 is 5.97 Å². The summed E-state index contributed by atoms with van der Waals surface area (Å²) in [7, 11) is 0. The maximum absolute atomic E-state index is 14.2. The van der Waals surface area contributed by atoms with Crippen LogP contribution in [0.2, 0.25) is 0 Å². The number of hydrogen-bond donors (Lipinski definition) is 2. The molecule has 0 aliphatic carbocycles. The zero-order chi connectivity index (χ0) is 30.3. The fourth-order valence-electron chi connectivity index (χ4n) is 4.17. The summed E-state index contributed by atoms with van der Waals surface area (Å²) in [4.78, 5) is 63.8. The van der Waals surface area contributed by atoms with Crippen LogP contribution in [0.3, 0.4) is 0 Å². The second-order valence-corrected chi connectivity index (χ2v) is 9.60. The van der Waals surface area contributed by atoms with E-state index in [1.807, 2.05) is 0 Å². The third-order valence-electron chi connectivity index (χ3n) is 6.51. The molecular formula is C28H29F3N2O8. The predicted octanol–water partition coefficient (Wildman–Crippen LogP) is 1.91. The normalized spacial score (nSPS) is 15.9. The van der Waals surface area contributed by atoms with E-state index in [0.717, 1.165) is 17.4 Å². The maximum Gasteiger partial charge on any atom is 0.305 e. The number of carbonyl (C=O) groups excluding carboxylic acids is 4. The minimum absolute atomic E-state index is 0.0254. The molecule has 10 nitrogen and oxygen atoms in total. The van der Waals surface area contributed by atoms with Gasteiger partial charge in [-0.3, -0.25) is 24.0 Å². The van der Waals surface area contributed by atoms with Crippen LogP contribution < -0.4 is 10.1 Å². The van der Waals surface area contributed by atoms with Crippen LogP contribution in [0.25, 0.3) is 0 Å². The number of ether oxygens (including phenoxy) is 2. The molecular weight excluding hydrogens is 549 g/mol. The maximum atomic E-state index is 14.2. The van der Waals surface area contributed by atoms with E-state index in [9.17, 15) is 42.3 Å². The van der Waals surface area contributed by atoms with Gasteiger partial charge in [0.15, 0.2) is 23.2 Å². The molecule has 41 heavy (non-hydrogen) atoms. The molecule has 0 radical (unpaired) electrons. The van der Waals surface area contributed by atoms with Gasteiger partial charge in [0.1, 0.15) is 12.6 Å². The molecule has 3 rings (SSSR count). The molecule has 0 saturated carbocycles. The first-order valence-corrected chi connectivity index (χ1v) is 12.6. The van der Waals surface area contributed by atoms with Crippen LogP contribution >= 0.6 is 0 Å². The number of nitrogens with zero attached hydrogens (tertiary/aromatic N) is 1. The van der Waals surface area contributed by atoms with Crippen molar-refractivity contribution in [3.05, 3.63) is 64.5 Å². The van der Waals surface area contributed by atoms with Gasteiger partial charge in [0.05, 0.1) is 25.6 Å². The van der Waals surface area contributed by atoms with Crippen LogP contribution in [0.1, 0.15) is 23.1 Å². The Balaban J connectivity index is 1.67. The van der Waals surface area contributed by atoms with Crippen molar-refractivity contribution in [1.29, 1.82) is 0 Å². The molecule has 0 bridgehead atoms. The molecule has 1 aliphatic heterocycles. The van der Waals surface area contributed by atoms with E-state index in [4.69, 9.17) is 9.47 Å². The average Bonchev–Trinajstić information content (AvgIpc) is 3.18. The average molecular weight is 579 g/mol. The van der Waals surface area contributed by atoms with Gasteiger partial charge in [0.25, 0.3) is 5.91 Å². The molecule has 1 aliphatic rings. The van der Waals surface area contributed by atoms with Crippen LogP contribution in [-0.4, -0.2) is 78.3 Å². The fraction of sp³-hybridized carbons (Fsp3) is 0.393. The molecule has 1 heterocycles. The van der Waals surface area contributed by atoms with E-state index in [0.29, 0.717) is 11.6 Å². The number of ketones is 2. The topological polar surface area (TPSA) is 139 Å². The van der Waals surface area contributed by atoms with Crippen LogP contribution in [0, 0.1) is 37.2 Å². The summed E-state index contributed by atoms with van der Waals surface area (Å²) < 4.78 is 52.1. The lowest BCUT2D eigenvalue weighted by Crippen LogP contribution is -2.50. The Bertz CT molecular complexity index is 1320. The molecule has 2 atom stereocenters. The van der Waals surface area contributed by atoms with Gasteiger partial charge in [-0.05, 0) is 36.6 Å². The van der Waals surface area contributed by atoms with Crippen molar-refractivity contribution in [3.63, 3.8) is 0 Å². The first-order valence-electron chi connectivity index (χ1n) is 12.6. The van der Waals surface area contributed by atoms with E-state index < -0.39 is 77.5 Å². The molecule has 220 valence electrons. The number of amides is 2. The Morgan fingerprint density at radius 1 is 1.10 bits per heavy atom. The zero-order valence-corrected chi connectivity index (χ0v) is 22.4. The van der Waals surface area contributed by atoms with Crippen molar-refractivity contribution in [1.82, 2.24) is 10.2 Å². The summed E-state index contributed by atoms with van der Waals surface area (Å²) in [6.07, 6.45) is -1.03. The molecule has 1 saturated heterocycles. The summed E-state index contributed by atoms with van der Waals surface area (Å²) in [6, 6.07) is 5.99. The largest absolute Gasteiger partial charge is 0.481 e. The number of nitrogens with one attached hydrogen (secondary N) is 1. The minimum atomic E-state index is -1.68. The molecule has 0 unspecified atom stereocenters. The number of halogens is 3. The standard InChI is InChI=1S/C28H29F3N2O8/c1-15-5-3-4-6-17(15)10-21(34)28(39)33-7-8-40-13-18(12-33)27(38)32-20(11-23(36)37)22(35)14-41-26-24(30)16(2)9-19(29)25(26)31/h3-6,9,18,20H,7-8,10-14H2,1-2H3,(H,32,38)(H,36,37)/t18-,20-/m0/s1. The fourth-order valence-corrected chi connectivity index (χ4v) is 4.17. The highest BCUT2D eigenvalue weighted by atomic mass is 19.2. The van der Waals surface area contributed by atoms with Crippen molar-refractivity contribution in [2.75, 3.05) is 32.9 Å². The van der Waals surface area contributed by atoms with Crippen molar-refractivity contribution in [2.45, 2.75) is 32.7 Å². The summed E-state index contributed by atoms with van der Waals surface area (Å²) in [5.41, 5.74) is 1.23. The van der Waals surface area contributed by atoms with Crippen LogP contribution in [-0.2, 0) is 35.1 Å². The van der Waals surface area contributed by atoms with Crippen LogP contribution in [0.15, 0.2) is 30.3 Å². The number of rotatable bonds is 11. The number of carboxylic acids is 1. The monoisotopic (exact) mass is 578 g/mol. The third kappa shape index (κ3) is 8.13. The number of hydrogen-bond acceptors (Lipinski definition) is 7. The van der Waals surface area contributed by atoms with Gasteiger partial charge in [-0.2, -0.15) is 4.39 Å². The molecule has 2 N–H and O–H groups in total. The Hall–Kier alpha value is -4.26. The number of aliphatic carboxylic acids is 1. The highest BCUT2D eigenvalue weighted by molar-refractivity contribution is 6.36. The SMILES string of the molecule is Cc1ccccc1CC(=O)C(=O)N1CCOC[C@@H](C(=O)N[C@@H](CC(=O)O)C(=O)COc2c(F)c(C)cc(F)c2F)C1. The number of benzene rings is 2. The van der Waals surface area contributed by atoms with Crippen LogP contribution in [0.5, 0.6) is 5.75 Å². The first kappa shape index (κ1) is 31.3. The summed E-state index contributed by atoms with van der Waals surface area (Å²) in [5, 5.41) is 11.5. The molecule has 1 fully saturated rings. The second-order valence-electron chi connectivity index (χ2n) is 9.60. The Kier molecular flexibility index (Phi) is 10.6. The number of aryl methyl sites for hydroxylation is 2. The van der Waals surface area contributed by atoms with E-state index in [2.05, 4.69) is 5.32 Å². The molecule has 2 amide bonds. The predicted molar refractivity (Wildman–Crippen MR) is 137 cm³/mol. The lowest BCUT2D eigenvalue weighted by molar-refractivity contribution is -0.145. The van der Waals surface area contributed by atoms with Gasteiger partial charge < -0.3 is 24.8 Å². The highest BCUT2D eigenvalue weighted by Gasteiger charge is 2.33. The first-order chi connectivity index (χ1) is 19.4. The quantitative estimate of drug-likeness (QED) is 0.305. The lowest BCUT2D eigenvalue weighted by Gasteiger charge is -2.24. The van der Waals surface area contributed by atoms with Gasteiger partial charge in [-0.25, -0.2) is 8.78 Å². The van der Waals surface area contributed by atoms with Gasteiger partial charge in [-0.15, -0.1) is 0 Å². The smallest absolute Gasteiger partial charge is 0.305 e. The number of carboxylic acid groups (broad SMARTS) is 1. The summed E-state index contributed by atoms with van der Waals surface area (Å²) >= 11 is 0.